The van der Waals surface area contributed by atoms with Gasteiger partial charge in [-0.25, -0.2) is 0 Å². The van der Waals surface area contributed by atoms with Crippen molar-refractivity contribution in [2.45, 2.75) is 0 Å². The van der Waals surface area contributed by atoms with Gasteiger partial charge in [-0.05, 0) is 30.3 Å². The number of anilines is 1. The number of pyridine rings is 1. The average molecular weight is 457 g/mol. The summed E-state index contributed by atoms with van der Waals surface area (Å²) in [7, 11) is 1.53. The number of benzene rings is 2. The highest BCUT2D eigenvalue weighted by Gasteiger charge is 2.15. The number of aromatic nitrogens is 1. The summed E-state index contributed by atoms with van der Waals surface area (Å²) < 4.78 is 4.87. The van der Waals surface area contributed by atoms with E-state index in [0.717, 1.165) is 0 Å². The Labute approximate surface area is 188 Å². The Morgan fingerprint density at radius 1 is 1.03 bits per heavy atom. The Morgan fingerprint density at radius 2 is 1.78 bits per heavy atom. The SMILES string of the molecule is COCCNC(=O)c1ccc(NC(=O)CNC(=O)c2c[nH]c3ccccc3c2=O)cc1Cl. The van der Waals surface area contributed by atoms with E-state index in [9.17, 15) is 19.2 Å². The van der Waals surface area contributed by atoms with Crippen LogP contribution in [0.4, 0.5) is 5.69 Å². The van der Waals surface area contributed by atoms with Crippen LogP contribution in [0.15, 0.2) is 53.5 Å². The molecule has 0 spiro atoms. The minimum absolute atomic E-state index is 0.0941. The highest BCUT2D eigenvalue weighted by Crippen LogP contribution is 2.21. The van der Waals surface area contributed by atoms with Gasteiger partial charge in [0.05, 0.1) is 23.7 Å². The van der Waals surface area contributed by atoms with Gasteiger partial charge in [-0.3, -0.25) is 19.2 Å². The molecular weight excluding hydrogens is 436 g/mol. The van der Waals surface area contributed by atoms with E-state index in [-0.39, 0.29) is 28.6 Å². The Hall–Kier alpha value is -3.69. The van der Waals surface area contributed by atoms with Crippen molar-refractivity contribution in [3.8, 4) is 0 Å². The third kappa shape index (κ3) is 5.51. The van der Waals surface area contributed by atoms with E-state index in [1.54, 1.807) is 24.3 Å². The molecule has 0 fully saturated rings. The van der Waals surface area contributed by atoms with Crippen molar-refractivity contribution in [3.63, 3.8) is 0 Å². The second-order valence-electron chi connectivity index (χ2n) is 6.75. The molecule has 4 N–H and O–H groups in total. The first-order valence-electron chi connectivity index (χ1n) is 9.66. The zero-order chi connectivity index (χ0) is 23.1. The number of aromatic amines is 1. The topological polar surface area (TPSA) is 129 Å². The van der Waals surface area contributed by atoms with Gasteiger partial charge in [0, 0.05) is 36.4 Å². The van der Waals surface area contributed by atoms with Crippen molar-refractivity contribution in [2.24, 2.45) is 0 Å². The Bertz CT molecular complexity index is 1220. The second-order valence-corrected chi connectivity index (χ2v) is 7.16. The number of fused-ring (bicyclic) bond motifs is 1. The van der Waals surface area contributed by atoms with Gasteiger partial charge in [-0.1, -0.05) is 23.7 Å². The van der Waals surface area contributed by atoms with E-state index in [2.05, 4.69) is 20.9 Å². The van der Waals surface area contributed by atoms with Crippen LogP contribution in [0.2, 0.25) is 5.02 Å². The van der Waals surface area contributed by atoms with E-state index in [4.69, 9.17) is 16.3 Å². The molecule has 0 atom stereocenters. The first-order chi connectivity index (χ1) is 15.4. The molecule has 0 aliphatic heterocycles. The molecule has 3 rings (SSSR count). The molecule has 0 aliphatic carbocycles. The van der Waals surface area contributed by atoms with Gasteiger partial charge in [0.25, 0.3) is 11.8 Å². The predicted octanol–water partition coefficient (Wildman–Crippen LogP) is 1.93. The Kier molecular flexibility index (Phi) is 7.58. The summed E-state index contributed by atoms with van der Waals surface area (Å²) in [4.78, 5) is 52.0. The molecule has 10 heteroatoms. The quantitative estimate of drug-likeness (QED) is 0.385. The number of hydrogen-bond acceptors (Lipinski definition) is 5. The highest BCUT2D eigenvalue weighted by molar-refractivity contribution is 6.34. The number of nitrogens with one attached hydrogen (secondary N) is 4. The van der Waals surface area contributed by atoms with Gasteiger partial charge < -0.3 is 25.7 Å². The fourth-order valence-corrected chi connectivity index (χ4v) is 3.20. The summed E-state index contributed by atoms with van der Waals surface area (Å²) in [5.41, 5.74) is 0.696. The standard InChI is InChI=1S/C22H21ClN4O5/c1-32-9-8-24-21(30)14-7-6-13(10-17(14)23)27-19(28)12-26-22(31)16-11-25-18-5-3-2-4-15(18)20(16)29/h2-7,10-11H,8-9,12H2,1H3,(H,24,30)(H,25,29)(H,26,31)(H,27,28). The van der Waals surface area contributed by atoms with Gasteiger partial charge in [0.2, 0.25) is 11.3 Å². The van der Waals surface area contributed by atoms with E-state index in [1.807, 2.05) is 0 Å². The van der Waals surface area contributed by atoms with Crippen LogP contribution in [0, 0.1) is 0 Å². The average Bonchev–Trinajstić information content (AvgIpc) is 2.78. The zero-order valence-corrected chi connectivity index (χ0v) is 17.9. The highest BCUT2D eigenvalue weighted by atomic mass is 35.5. The van der Waals surface area contributed by atoms with Gasteiger partial charge in [0.1, 0.15) is 5.56 Å². The minimum Gasteiger partial charge on any atom is -0.383 e. The number of methoxy groups -OCH3 is 1. The van der Waals surface area contributed by atoms with Crippen molar-refractivity contribution in [2.75, 3.05) is 32.1 Å². The summed E-state index contributed by atoms with van der Waals surface area (Å²) >= 11 is 6.14. The molecule has 0 saturated carbocycles. The molecule has 0 saturated heterocycles. The van der Waals surface area contributed by atoms with E-state index in [1.165, 1.54) is 31.5 Å². The summed E-state index contributed by atoms with van der Waals surface area (Å²) in [6.45, 7) is 0.347. The summed E-state index contributed by atoms with van der Waals surface area (Å²) in [5, 5.41) is 8.18. The number of amides is 3. The Balaban J connectivity index is 1.58. The fraction of sp³-hybridized carbons (Fsp3) is 0.182. The molecule has 9 nitrogen and oxygen atoms in total. The summed E-state index contributed by atoms with van der Waals surface area (Å²) in [6, 6.07) is 11.2. The van der Waals surface area contributed by atoms with Crippen molar-refractivity contribution in [1.82, 2.24) is 15.6 Å². The number of H-pyrrole nitrogens is 1. The maximum absolute atomic E-state index is 12.5. The van der Waals surface area contributed by atoms with Crippen molar-refractivity contribution in [3.05, 3.63) is 75.0 Å². The van der Waals surface area contributed by atoms with Crippen LogP contribution in [0.1, 0.15) is 20.7 Å². The van der Waals surface area contributed by atoms with Gasteiger partial charge in [-0.15, -0.1) is 0 Å². The molecule has 2 aromatic carbocycles. The molecule has 1 heterocycles. The van der Waals surface area contributed by atoms with Crippen LogP contribution in [0.3, 0.4) is 0 Å². The van der Waals surface area contributed by atoms with Crippen molar-refractivity contribution in [1.29, 1.82) is 0 Å². The molecule has 166 valence electrons. The number of carbonyl (C=O) groups is 3. The molecule has 0 unspecified atom stereocenters. The number of ether oxygens (including phenoxy) is 1. The van der Waals surface area contributed by atoms with Crippen molar-refractivity contribution >= 4 is 45.9 Å². The molecule has 0 radical (unpaired) electrons. The maximum Gasteiger partial charge on any atom is 0.257 e. The van der Waals surface area contributed by atoms with Crippen molar-refractivity contribution < 1.29 is 19.1 Å². The lowest BCUT2D eigenvalue weighted by Crippen LogP contribution is -2.35. The summed E-state index contributed by atoms with van der Waals surface area (Å²) in [5.74, 6) is -1.56. The van der Waals surface area contributed by atoms with Gasteiger partial charge in [-0.2, -0.15) is 0 Å². The zero-order valence-electron chi connectivity index (χ0n) is 17.2. The number of para-hydroxylation sites is 1. The van der Waals surface area contributed by atoms with E-state index in [0.29, 0.717) is 29.7 Å². The largest absolute Gasteiger partial charge is 0.383 e. The lowest BCUT2D eigenvalue weighted by atomic mass is 10.1. The molecule has 3 aromatic rings. The van der Waals surface area contributed by atoms with Gasteiger partial charge in [0.15, 0.2) is 0 Å². The fourth-order valence-electron chi connectivity index (χ4n) is 2.94. The first-order valence-corrected chi connectivity index (χ1v) is 10.0. The molecule has 0 aliphatic rings. The lowest BCUT2D eigenvalue weighted by Gasteiger charge is -2.10. The number of hydrogen-bond donors (Lipinski definition) is 4. The van der Waals surface area contributed by atoms with E-state index >= 15 is 0 Å². The molecule has 0 bridgehead atoms. The predicted molar refractivity (Wildman–Crippen MR) is 121 cm³/mol. The van der Waals surface area contributed by atoms with Gasteiger partial charge >= 0.3 is 0 Å². The van der Waals surface area contributed by atoms with Crippen LogP contribution in [-0.4, -0.2) is 49.5 Å². The molecule has 1 aromatic heterocycles. The second kappa shape index (κ2) is 10.6. The third-order valence-electron chi connectivity index (χ3n) is 4.53. The van der Waals surface area contributed by atoms with Crippen LogP contribution in [-0.2, 0) is 9.53 Å². The molecule has 32 heavy (non-hydrogen) atoms. The minimum atomic E-state index is -0.673. The molecule has 3 amide bonds. The smallest absolute Gasteiger partial charge is 0.257 e. The maximum atomic E-state index is 12.5. The number of carbonyl (C=O) groups excluding carboxylic acids is 3. The van der Waals surface area contributed by atoms with Crippen LogP contribution < -0.4 is 21.4 Å². The Morgan fingerprint density at radius 3 is 2.53 bits per heavy atom. The van der Waals surface area contributed by atoms with Crippen LogP contribution in [0.5, 0.6) is 0 Å². The molecular formula is C22H21ClN4O5. The normalized spacial score (nSPS) is 10.6. The van der Waals surface area contributed by atoms with Crippen LogP contribution in [0.25, 0.3) is 10.9 Å². The number of halogens is 1. The third-order valence-corrected chi connectivity index (χ3v) is 4.84. The van der Waals surface area contributed by atoms with Crippen LogP contribution >= 0.6 is 11.6 Å². The number of rotatable bonds is 8. The van der Waals surface area contributed by atoms with E-state index < -0.39 is 17.2 Å². The summed E-state index contributed by atoms with van der Waals surface area (Å²) in [6.07, 6.45) is 1.31. The lowest BCUT2D eigenvalue weighted by molar-refractivity contribution is -0.115. The first kappa shape index (κ1) is 23.0. The monoisotopic (exact) mass is 456 g/mol.